The molecule has 0 fully saturated rings. The maximum atomic E-state index is 11.9. The number of nitrogens with zero attached hydrogens (tertiary/aromatic N) is 2. The molecule has 5 heteroatoms. The minimum Gasteiger partial charge on any atom is -0.321 e. The highest BCUT2D eigenvalue weighted by atomic mass is 16.1. The van der Waals surface area contributed by atoms with Crippen molar-refractivity contribution in [3.8, 4) is 5.69 Å². The molecular formula is C13H18N4O. The fraction of sp³-hybridized carbons (Fsp3) is 0.385. The fourth-order valence-electron chi connectivity index (χ4n) is 1.73. The molecule has 0 saturated heterocycles. The Labute approximate surface area is 106 Å². The highest BCUT2D eigenvalue weighted by Crippen LogP contribution is 2.29. The van der Waals surface area contributed by atoms with Gasteiger partial charge < -0.3 is 5.73 Å². The molecule has 0 unspecified atom stereocenters. The molecule has 0 radical (unpaired) electrons. The van der Waals surface area contributed by atoms with Crippen molar-refractivity contribution in [2.45, 2.75) is 26.8 Å². The van der Waals surface area contributed by atoms with E-state index in [1.54, 1.807) is 0 Å². The minimum absolute atomic E-state index is 0.168. The summed E-state index contributed by atoms with van der Waals surface area (Å²) in [5.41, 5.74) is 6.51. The van der Waals surface area contributed by atoms with Crippen LogP contribution < -0.4 is 11.4 Å². The predicted molar refractivity (Wildman–Crippen MR) is 70.6 cm³/mol. The van der Waals surface area contributed by atoms with Crippen molar-refractivity contribution < 1.29 is 0 Å². The van der Waals surface area contributed by atoms with E-state index in [0.717, 1.165) is 5.69 Å². The van der Waals surface area contributed by atoms with E-state index in [4.69, 9.17) is 5.73 Å². The topological polar surface area (TPSA) is 76.7 Å². The number of rotatable bonds is 2. The quantitative estimate of drug-likeness (QED) is 0.845. The summed E-state index contributed by atoms with van der Waals surface area (Å²) >= 11 is 0. The van der Waals surface area contributed by atoms with E-state index in [2.05, 4.69) is 10.2 Å². The lowest BCUT2D eigenvalue weighted by molar-refractivity contribution is 0.312. The summed E-state index contributed by atoms with van der Waals surface area (Å²) in [7, 11) is 0. The molecule has 1 aromatic heterocycles. The Balaban J connectivity index is 2.56. The molecule has 2 aromatic rings. The molecule has 1 aromatic carbocycles. The van der Waals surface area contributed by atoms with Gasteiger partial charge in [-0.1, -0.05) is 39.0 Å². The molecule has 3 N–H and O–H groups in total. The van der Waals surface area contributed by atoms with Crippen LogP contribution >= 0.6 is 0 Å². The molecule has 96 valence electrons. The molecule has 0 aliphatic heterocycles. The van der Waals surface area contributed by atoms with Crippen molar-refractivity contribution in [1.29, 1.82) is 0 Å². The molecule has 0 bridgehead atoms. The Morgan fingerprint density at radius 1 is 1.28 bits per heavy atom. The number of aromatic amines is 1. The molecule has 0 amide bonds. The van der Waals surface area contributed by atoms with Gasteiger partial charge in [0.2, 0.25) is 0 Å². The van der Waals surface area contributed by atoms with Crippen LogP contribution in [0.4, 0.5) is 0 Å². The number of para-hydroxylation sites is 1. The van der Waals surface area contributed by atoms with Crippen LogP contribution in [0.2, 0.25) is 0 Å². The Bertz CT molecular complexity index is 577. The second-order valence-corrected chi connectivity index (χ2v) is 5.40. The van der Waals surface area contributed by atoms with Gasteiger partial charge in [0.1, 0.15) is 0 Å². The molecule has 0 spiro atoms. The molecule has 1 heterocycles. The molecule has 1 atom stereocenters. The summed E-state index contributed by atoms with van der Waals surface area (Å²) in [6, 6.07) is 9.04. The molecule has 5 nitrogen and oxygen atoms in total. The molecule has 2 rings (SSSR count). The highest BCUT2D eigenvalue weighted by molar-refractivity contribution is 5.32. The van der Waals surface area contributed by atoms with Crippen molar-refractivity contribution in [2.24, 2.45) is 11.1 Å². The zero-order chi connectivity index (χ0) is 13.3. The van der Waals surface area contributed by atoms with Gasteiger partial charge in [-0.2, -0.15) is 5.10 Å². The second-order valence-electron chi connectivity index (χ2n) is 5.40. The Morgan fingerprint density at radius 3 is 2.44 bits per heavy atom. The summed E-state index contributed by atoms with van der Waals surface area (Å²) in [5.74, 6) is 0.554. The number of benzene rings is 1. The molecule has 0 saturated carbocycles. The molecular weight excluding hydrogens is 228 g/mol. The summed E-state index contributed by atoms with van der Waals surface area (Å²) in [4.78, 5) is 11.9. The highest BCUT2D eigenvalue weighted by Gasteiger charge is 2.28. The number of nitrogens with one attached hydrogen (secondary N) is 1. The Hall–Kier alpha value is -1.88. The van der Waals surface area contributed by atoms with Crippen LogP contribution in [-0.4, -0.2) is 14.8 Å². The van der Waals surface area contributed by atoms with Crippen LogP contribution in [0.3, 0.4) is 0 Å². The van der Waals surface area contributed by atoms with Gasteiger partial charge in [0.25, 0.3) is 0 Å². The zero-order valence-electron chi connectivity index (χ0n) is 10.8. The van der Waals surface area contributed by atoms with Gasteiger partial charge in [-0.05, 0) is 17.5 Å². The molecule has 18 heavy (non-hydrogen) atoms. The van der Waals surface area contributed by atoms with E-state index >= 15 is 0 Å². The number of hydrogen-bond acceptors (Lipinski definition) is 3. The number of nitrogens with two attached hydrogens (primary N) is 1. The van der Waals surface area contributed by atoms with Crippen LogP contribution in [0.15, 0.2) is 35.1 Å². The molecule has 0 aliphatic rings. The van der Waals surface area contributed by atoms with Gasteiger partial charge in [-0.3, -0.25) is 0 Å². The first-order valence-corrected chi connectivity index (χ1v) is 5.89. The monoisotopic (exact) mass is 246 g/mol. The SMILES string of the molecule is CC(C)(C)[C@H](N)c1n[nH]c(=O)n1-c1ccccc1. The number of aromatic nitrogens is 3. The summed E-state index contributed by atoms with van der Waals surface area (Å²) in [6.07, 6.45) is 0. The number of hydrogen-bond donors (Lipinski definition) is 2. The maximum absolute atomic E-state index is 11.9. The maximum Gasteiger partial charge on any atom is 0.347 e. The van der Waals surface area contributed by atoms with Crippen molar-refractivity contribution in [1.82, 2.24) is 14.8 Å². The minimum atomic E-state index is -0.323. The summed E-state index contributed by atoms with van der Waals surface area (Å²) < 4.78 is 1.52. The first kappa shape index (κ1) is 12.6. The van der Waals surface area contributed by atoms with Gasteiger partial charge in [0.05, 0.1) is 11.7 Å². The molecule has 0 aliphatic carbocycles. The third-order valence-electron chi connectivity index (χ3n) is 2.92. The van der Waals surface area contributed by atoms with Gasteiger partial charge in [0, 0.05) is 0 Å². The smallest absolute Gasteiger partial charge is 0.321 e. The van der Waals surface area contributed by atoms with Gasteiger partial charge in [-0.25, -0.2) is 14.5 Å². The van der Waals surface area contributed by atoms with Crippen LogP contribution in [0.25, 0.3) is 5.69 Å². The van der Waals surface area contributed by atoms with E-state index in [-0.39, 0.29) is 17.1 Å². The zero-order valence-corrected chi connectivity index (χ0v) is 10.8. The van der Waals surface area contributed by atoms with E-state index in [1.807, 2.05) is 51.1 Å². The van der Waals surface area contributed by atoms with Crippen molar-refractivity contribution >= 4 is 0 Å². The first-order valence-electron chi connectivity index (χ1n) is 5.89. The summed E-state index contributed by atoms with van der Waals surface area (Å²) in [5, 5.41) is 6.53. The first-order chi connectivity index (χ1) is 8.41. The van der Waals surface area contributed by atoms with Gasteiger partial charge in [0.15, 0.2) is 5.82 Å². The van der Waals surface area contributed by atoms with E-state index in [1.165, 1.54) is 4.57 Å². The third-order valence-corrected chi connectivity index (χ3v) is 2.92. The van der Waals surface area contributed by atoms with E-state index in [0.29, 0.717) is 5.82 Å². The lowest BCUT2D eigenvalue weighted by Gasteiger charge is -2.26. The van der Waals surface area contributed by atoms with E-state index < -0.39 is 0 Å². The largest absolute Gasteiger partial charge is 0.347 e. The van der Waals surface area contributed by atoms with Crippen molar-refractivity contribution in [3.63, 3.8) is 0 Å². The lowest BCUT2D eigenvalue weighted by Crippen LogP contribution is -2.30. The fourth-order valence-corrected chi connectivity index (χ4v) is 1.73. The normalized spacial score (nSPS) is 13.6. The standard InChI is InChI=1S/C13H18N4O/c1-13(2,3)10(14)11-15-16-12(18)17(11)9-7-5-4-6-8-9/h4-8,10H,14H2,1-3H3,(H,16,18)/t10-/m1/s1. The van der Waals surface area contributed by atoms with E-state index in [9.17, 15) is 4.79 Å². The van der Waals surface area contributed by atoms with Crippen LogP contribution in [0, 0.1) is 5.41 Å². The van der Waals surface area contributed by atoms with Crippen molar-refractivity contribution in [2.75, 3.05) is 0 Å². The summed E-state index contributed by atoms with van der Waals surface area (Å²) in [6.45, 7) is 6.06. The predicted octanol–water partition coefficient (Wildman–Crippen LogP) is 1.61. The van der Waals surface area contributed by atoms with Crippen LogP contribution in [-0.2, 0) is 0 Å². The van der Waals surface area contributed by atoms with Gasteiger partial charge in [-0.15, -0.1) is 0 Å². The van der Waals surface area contributed by atoms with Gasteiger partial charge >= 0.3 is 5.69 Å². The lowest BCUT2D eigenvalue weighted by atomic mass is 9.87. The van der Waals surface area contributed by atoms with Crippen LogP contribution in [0.1, 0.15) is 32.6 Å². The van der Waals surface area contributed by atoms with Crippen molar-refractivity contribution in [3.05, 3.63) is 46.6 Å². The second kappa shape index (κ2) is 4.42. The van der Waals surface area contributed by atoms with Crippen LogP contribution in [0.5, 0.6) is 0 Å². The average Bonchev–Trinajstić information content (AvgIpc) is 2.70. The Kier molecular flexibility index (Phi) is 3.09. The average molecular weight is 246 g/mol. The Morgan fingerprint density at radius 2 is 1.89 bits per heavy atom. The number of H-pyrrole nitrogens is 1. The third kappa shape index (κ3) is 2.22.